The van der Waals surface area contributed by atoms with Crippen LogP contribution in [0.25, 0.3) is 27.8 Å². The quantitative estimate of drug-likeness (QED) is 0.581. The van der Waals surface area contributed by atoms with E-state index >= 15 is 0 Å². The van der Waals surface area contributed by atoms with Gasteiger partial charge in [0.15, 0.2) is 5.65 Å². The molecule has 0 saturated carbocycles. The zero-order valence-corrected chi connectivity index (χ0v) is 15.3. The predicted octanol–water partition coefficient (Wildman–Crippen LogP) is 1.73. The Kier molecular flexibility index (Phi) is 4.10. The van der Waals surface area contributed by atoms with Gasteiger partial charge in [0.05, 0.1) is 24.0 Å². The Morgan fingerprint density at radius 1 is 1.11 bits per heavy atom. The predicted molar refractivity (Wildman–Crippen MR) is 105 cm³/mol. The van der Waals surface area contributed by atoms with E-state index in [-0.39, 0.29) is 0 Å². The molecule has 4 heterocycles. The van der Waals surface area contributed by atoms with Crippen LogP contribution in [-0.2, 0) is 0 Å². The zero-order valence-electron chi connectivity index (χ0n) is 15.3. The summed E-state index contributed by atoms with van der Waals surface area (Å²) in [5.74, 6) is 0.721. The second-order valence-electron chi connectivity index (χ2n) is 6.87. The summed E-state index contributed by atoms with van der Waals surface area (Å²) in [5.41, 5.74) is 3.54. The minimum Gasteiger partial charge on any atom is -0.338 e. The topological polar surface area (TPSA) is 103 Å². The number of aromatic amines is 1. The van der Waals surface area contributed by atoms with Crippen molar-refractivity contribution in [3.63, 3.8) is 0 Å². The fourth-order valence-corrected chi connectivity index (χ4v) is 3.60. The molecule has 4 aromatic rings. The second kappa shape index (κ2) is 6.90. The highest BCUT2D eigenvalue weighted by molar-refractivity contribution is 5.81. The van der Waals surface area contributed by atoms with Gasteiger partial charge in [0.25, 0.3) is 0 Å². The van der Waals surface area contributed by atoms with Crippen molar-refractivity contribution < 1.29 is 0 Å². The molecule has 0 bridgehead atoms. The van der Waals surface area contributed by atoms with E-state index in [1.807, 2.05) is 22.9 Å². The number of imidazole rings is 1. The molecule has 0 amide bonds. The molecule has 1 aliphatic rings. The van der Waals surface area contributed by atoms with Crippen LogP contribution in [0.2, 0.25) is 0 Å². The first-order valence-electron chi connectivity index (χ1n) is 9.30. The summed E-state index contributed by atoms with van der Waals surface area (Å²) in [6, 6.07) is 8.31. The van der Waals surface area contributed by atoms with E-state index in [1.165, 1.54) is 0 Å². The fourth-order valence-electron chi connectivity index (χ4n) is 3.60. The van der Waals surface area contributed by atoms with Crippen LogP contribution in [0.3, 0.4) is 0 Å². The standard InChI is InChI=1S/C19H19N9/c20-4-1-5-26-6-8-27(9-7-26)19-21-12-17-18(24-19)28(13-22-17)15-2-3-16-14(10-15)11-23-25-16/h2-3,10-13H,1,5-9H2,(H,23,25). The van der Waals surface area contributed by atoms with Crippen molar-refractivity contribution in [2.75, 3.05) is 37.6 Å². The van der Waals surface area contributed by atoms with Crippen LogP contribution in [0.1, 0.15) is 6.42 Å². The maximum Gasteiger partial charge on any atom is 0.227 e. The Bertz CT molecular complexity index is 1160. The average molecular weight is 373 g/mol. The van der Waals surface area contributed by atoms with Crippen LogP contribution in [-0.4, -0.2) is 67.3 Å². The molecule has 5 rings (SSSR count). The van der Waals surface area contributed by atoms with Gasteiger partial charge in [-0.2, -0.15) is 15.3 Å². The van der Waals surface area contributed by atoms with Crippen LogP contribution >= 0.6 is 0 Å². The molecule has 3 aromatic heterocycles. The summed E-state index contributed by atoms with van der Waals surface area (Å²) in [4.78, 5) is 18.3. The molecule has 0 atom stereocenters. The van der Waals surface area contributed by atoms with Gasteiger partial charge in [0, 0.05) is 50.2 Å². The third-order valence-corrected chi connectivity index (χ3v) is 5.17. The van der Waals surface area contributed by atoms with E-state index in [1.54, 1.807) is 12.5 Å². The fraction of sp³-hybridized carbons (Fsp3) is 0.316. The number of aromatic nitrogens is 6. The third kappa shape index (κ3) is 2.93. The van der Waals surface area contributed by atoms with Gasteiger partial charge in [-0.3, -0.25) is 14.6 Å². The van der Waals surface area contributed by atoms with E-state index in [0.717, 1.165) is 66.4 Å². The highest BCUT2D eigenvalue weighted by Crippen LogP contribution is 2.22. The van der Waals surface area contributed by atoms with E-state index in [0.29, 0.717) is 6.42 Å². The zero-order chi connectivity index (χ0) is 18.9. The van der Waals surface area contributed by atoms with Crippen LogP contribution in [0, 0.1) is 11.3 Å². The Hall–Kier alpha value is -3.51. The minimum absolute atomic E-state index is 0.572. The van der Waals surface area contributed by atoms with Gasteiger partial charge < -0.3 is 4.90 Å². The van der Waals surface area contributed by atoms with Crippen molar-refractivity contribution >= 4 is 28.0 Å². The van der Waals surface area contributed by atoms with Crippen LogP contribution in [0.5, 0.6) is 0 Å². The highest BCUT2D eigenvalue weighted by atomic mass is 15.3. The molecular weight excluding hydrogens is 354 g/mol. The van der Waals surface area contributed by atoms with E-state index in [9.17, 15) is 0 Å². The number of anilines is 1. The van der Waals surface area contributed by atoms with Crippen molar-refractivity contribution in [2.45, 2.75) is 6.42 Å². The van der Waals surface area contributed by atoms with Crippen LogP contribution < -0.4 is 4.90 Å². The van der Waals surface area contributed by atoms with E-state index in [2.05, 4.69) is 42.1 Å². The molecule has 28 heavy (non-hydrogen) atoms. The summed E-state index contributed by atoms with van der Waals surface area (Å²) in [7, 11) is 0. The molecule has 0 radical (unpaired) electrons. The average Bonchev–Trinajstić information content (AvgIpc) is 3.38. The monoisotopic (exact) mass is 373 g/mol. The number of hydrogen-bond acceptors (Lipinski definition) is 7. The molecule has 9 nitrogen and oxygen atoms in total. The van der Waals surface area contributed by atoms with Crippen molar-refractivity contribution in [1.29, 1.82) is 5.26 Å². The van der Waals surface area contributed by atoms with Gasteiger partial charge in [-0.1, -0.05) is 0 Å². The lowest BCUT2D eigenvalue weighted by atomic mass is 10.2. The lowest BCUT2D eigenvalue weighted by Crippen LogP contribution is -2.47. The first-order chi connectivity index (χ1) is 13.8. The molecule has 9 heteroatoms. The van der Waals surface area contributed by atoms with Gasteiger partial charge in [-0.25, -0.2) is 9.97 Å². The summed E-state index contributed by atoms with van der Waals surface area (Å²) in [6.07, 6.45) is 5.95. The van der Waals surface area contributed by atoms with Crippen molar-refractivity contribution in [1.82, 2.24) is 34.6 Å². The third-order valence-electron chi connectivity index (χ3n) is 5.17. The number of fused-ring (bicyclic) bond motifs is 2. The maximum absolute atomic E-state index is 8.75. The van der Waals surface area contributed by atoms with E-state index in [4.69, 9.17) is 10.2 Å². The molecule has 1 N–H and O–H groups in total. The molecule has 1 fully saturated rings. The Morgan fingerprint density at radius 3 is 2.86 bits per heavy atom. The summed E-state index contributed by atoms with van der Waals surface area (Å²) < 4.78 is 1.98. The Balaban J connectivity index is 1.43. The number of H-pyrrole nitrogens is 1. The maximum atomic E-state index is 8.75. The molecule has 0 aliphatic carbocycles. The number of nitrogens with one attached hydrogen (secondary N) is 1. The SMILES string of the molecule is N#CCCN1CCN(c2ncc3ncn(-c4ccc5[nH]ncc5c4)c3n2)CC1. The van der Waals surface area contributed by atoms with Gasteiger partial charge in [-0.05, 0) is 18.2 Å². The number of piperazine rings is 1. The number of nitrogens with zero attached hydrogens (tertiary/aromatic N) is 8. The van der Waals surface area contributed by atoms with Crippen molar-refractivity contribution in [3.8, 4) is 11.8 Å². The lowest BCUT2D eigenvalue weighted by molar-refractivity contribution is 0.262. The summed E-state index contributed by atoms with van der Waals surface area (Å²) in [5, 5.41) is 16.8. The van der Waals surface area contributed by atoms with E-state index < -0.39 is 0 Å². The first-order valence-corrected chi connectivity index (χ1v) is 9.30. The number of nitriles is 1. The van der Waals surface area contributed by atoms with Gasteiger partial charge in [0.2, 0.25) is 5.95 Å². The van der Waals surface area contributed by atoms with Crippen LogP contribution in [0.4, 0.5) is 5.95 Å². The molecular formula is C19H19N9. The highest BCUT2D eigenvalue weighted by Gasteiger charge is 2.20. The lowest BCUT2D eigenvalue weighted by Gasteiger charge is -2.34. The number of benzene rings is 1. The van der Waals surface area contributed by atoms with Crippen molar-refractivity contribution in [3.05, 3.63) is 36.9 Å². The van der Waals surface area contributed by atoms with Gasteiger partial charge in [-0.15, -0.1) is 0 Å². The molecule has 0 unspecified atom stereocenters. The molecule has 0 spiro atoms. The largest absolute Gasteiger partial charge is 0.338 e. The second-order valence-corrected chi connectivity index (χ2v) is 6.87. The van der Waals surface area contributed by atoms with Gasteiger partial charge >= 0.3 is 0 Å². The number of rotatable bonds is 4. The Morgan fingerprint density at radius 2 is 2.00 bits per heavy atom. The summed E-state index contributed by atoms with van der Waals surface area (Å²) >= 11 is 0. The van der Waals surface area contributed by atoms with Crippen LogP contribution in [0.15, 0.2) is 36.9 Å². The van der Waals surface area contributed by atoms with Crippen molar-refractivity contribution in [2.24, 2.45) is 0 Å². The normalized spacial score (nSPS) is 15.3. The smallest absolute Gasteiger partial charge is 0.227 e. The first kappa shape index (κ1) is 16.6. The summed E-state index contributed by atoms with van der Waals surface area (Å²) in [6.45, 7) is 4.37. The molecule has 140 valence electrons. The minimum atomic E-state index is 0.572. The van der Waals surface area contributed by atoms with Gasteiger partial charge in [0.1, 0.15) is 11.8 Å². The molecule has 1 saturated heterocycles. The Labute approximate surface area is 161 Å². The molecule has 1 aliphatic heterocycles. The number of hydrogen-bond donors (Lipinski definition) is 1. The molecule has 1 aromatic carbocycles.